The summed E-state index contributed by atoms with van der Waals surface area (Å²) < 4.78 is 5.37. The zero-order chi connectivity index (χ0) is 14.5. The summed E-state index contributed by atoms with van der Waals surface area (Å²) in [5.74, 6) is 1.93. The largest absolute Gasteiger partial charge is 0.459 e. The van der Waals surface area contributed by atoms with Gasteiger partial charge in [-0.05, 0) is 40.2 Å². The van der Waals surface area contributed by atoms with E-state index in [4.69, 9.17) is 11.2 Å². The van der Waals surface area contributed by atoms with Crippen molar-refractivity contribution in [2.75, 3.05) is 19.6 Å². The molecule has 0 aromatic heterocycles. The lowest BCUT2D eigenvalue weighted by Gasteiger charge is -2.26. The van der Waals surface area contributed by atoms with Crippen molar-refractivity contribution in [1.82, 2.24) is 10.2 Å². The highest BCUT2D eigenvalue weighted by Gasteiger charge is 2.34. The SMILES string of the molecule is C#CCNC(=O)CN1CCC[C@H]1C(=O)OC(C)(C)C. The number of likely N-dealkylation sites (tertiary alicyclic amines) is 1. The van der Waals surface area contributed by atoms with Crippen molar-refractivity contribution in [1.29, 1.82) is 0 Å². The number of hydrogen-bond donors (Lipinski definition) is 1. The van der Waals surface area contributed by atoms with Gasteiger partial charge in [-0.3, -0.25) is 14.5 Å². The van der Waals surface area contributed by atoms with Gasteiger partial charge in [-0.2, -0.15) is 0 Å². The molecule has 1 atom stereocenters. The van der Waals surface area contributed by atoms with E-state index in [-0.39, 0.29) is 31.0 Å². The third kappa shape index (κ3) is 5.31. The summed E-state index contributed by atoms with van der Waals surface area (Å²) in [7, 11) is 0. The second-order valence-corrected chi connectivity index (χ2v) is 5.64. The number of ether oxygens (including phenoxy) is 1. The van der Waals surface area contributed by atoms with Crippen molar-refractivity contribution in [2.45, 2.75) is 45.3 Å². The zero-order valence-corrected chi connectivity index (χ0v) is 11.9. The van der Waals surface area contributed by atoms with Crippen LogP contribution in [0.1, 0.15) is 33.6 Å². The van der Waals surface area contributed by atoms with Gasteiger partial charge < -0.3 is 10.1 Å². The summed E-state index contributed by atoms with van der Waals surface area (Å²) in [6.07, 6.45) is 6.71. The highest BCUT2D eigenvalue weighted by molar-refractivity contribution is 5.81. The second-order valence-electron chi connectivity index (χ2n) is 5.64. The van der Waals surface area contributed by atoms with Gasteiger partial charge in [0, 0.05) is 0 Å². The molecule has 0 unspecified atom stereocenters. The molecule has 1 heterocycles. The summed E-state index contributed by atoms with van der Waals surface area (Å²) in [6, 6.07) is -0.323. The molecule has 0 spiro atoms. The quantitative estimate of drug-likeness (QED) is 0.596. The fraction of sp³-hybridized carbons (Fsp3) is 0.714. The number of rotatable bonds is 4. The normalized spacial score (nSPS) is 19.8. The minimum Gasteiger partial charge on any atom is -0.459 e. The Labute approximate surface area is 114 Å². The van der Waals surface area contributed by atoms with Crippen molar-refractivity contribution in [3.8, 4) is 12.3 Å². The lowest BCUT2D eigenvalue weighted by Crippen LogP contribution is -2.45. The topological polar surface area (TPSA) is 58.6 Å². The Balaban J connectivity index is 2.52. The number of nitrogens with zero attached hydrogens (tertiary/aromatic N) is 1. The number of hydrogen-bond acceptors (Lipinski definition) is 4. The van der Waals surface area contributed by atoms with E-state index in [1.54, 1.807) is 0 Å². The Morgan fingerprint density at radius 1 is 1.47 bits per heavy atom. The highest BCUT2D eigenvalue weighted by atomic mass is 16.6. The van der Waals surface area contributed by atoms with E-state index >= 15 is 0 Å². The van der Waals surface area contributed by atoms with Crippen molar-refractivity contribution in [3.63, 3.8) is 0 Å². The average molecular weight is 266 g/mol. The van der Waals surface area contributed by atoms with Crippen LogP contribution in [0.5, 0.6) is 0 Å². The van der Waals surface area contributed by atoms with Crippen molar-refractivity contribution in [2.24, 2.45) is 0 Å². The van der Waals surface area contributed by atoms with Gasteiger partial charge in [0.1, 0.15) is 11.6 Å². The van der Waals surface area contributed by atoms with Gasteiger partial charge in [-0.25, -0.2) is 0 Å². The van der Waals surface area contributed by atoms with E-state index < -0.39 is 5.60 Å². The molecule has 1 aliphatic rings. The summed E-state index contributed by atoms with van der Waals surface area (Å²) in [5.41, 5.74) is -0.503. The smallest absolute Gasteiger partial charge is 0.323 e. The predicted octanol–water partition coefficient (Wildman–Crippen LogP) is 0.542. The van der Waals surface area contributed by atoms with Crippen LogP contribution in [0, 0.1) is 12.3 Å². The van der Waals surface area contributed by atoms with E-state index in [2.05, 4.69) is 11.2 Å². The average Bonchev–Trinajstić information content (AvgIpc) is 2.72. The minimum atomic E-state index is -0.503. The Bertz CT molecular complexity index is 379. The van der Waals surface area contributed by atoms with Crippen LogP contribution >= 0.6 is 0 Å². The van der Waals surface area contributed by atoms with Crippen molar-refractivity contribution in [3.05, 3.63) is 0 Å². The summed E-state index contributed by atoms with van der Waals surface area (Å²) in [5, 5.41) is 2.60. The van der Waals surface area contributed by atoms with Crippen LogP contribution in [0.15, 0.2) is 0 Å². The first kappa shape index (κ1) is 15.5. The monoisotopic (exact) mass is 266 g/mol. The Kier molecular flexibility index (Phi) is 5.37. The summed E-state index contributed by atoms with van der Waals surface area (Å²) in [4.78, 5) is 25.5. The molecule has 0 bridgehead atoms. The van der Waals surface area contributed by atoms with Crippen LogP contribution in [-0.2, 0) is 14.3 Å². The predicted molar refractivity (Wildman–Crippen MR) is 72.3 cm³/mol. The lowest BCUT2D eigenvalue weighted by atomic mass is 10.1. The molecule has 0 aromatic carbocycles. The number of amides is 1. The molecule has 1 N–H and O–H groups in total. The number of carbonyl (C=O) groups is 2. The van der Waals surface area contributed by atoms with Crippen LogP contribution in [0.2, 0.25) is 0 Å². The van der Waals surface area contributed by atoms with E-state index in [1.807, 2.05) is 25.7 Å². The molecule has 106 valence electrons. The summed E-state index contributed by atoms with van der Waals surface area (Å²) in [6.45, 7) is 6.64. The maximum Gasteiger partial charge on any atom is 0.323 e. The van der Waals surface area contributed by atoms with Crippen LogP contribution < -0.4 is 5.32 Å². The second kappa shape index (κ2) is 6.58. The van der Waals surface area contributed by atoms with Crippen molar-refractivity contribution < 1.29 is 14.3 Å². The molecule has 0 radical (unpaired) electrons. The van der Waals surface area contributed by atoms with Gasteiger partial charge in [0.2, 0.25) is 5.91 Å². The van der Waals surface area contributed by atoms with Crippen LogP contribution in [-0.4, -0.2) is 48.1 Å². The third-order valence-corrected chi connectivity index (χ3v) is 2.78. The van der Waals surface area contributed by atoms with Gasteiger partial charge >= 0.3 is 5.97 Å². The lowest BCUT2D eigenvalue weighted by molar-refractivity contribution is -0.160. The highest BCUT2D eigenvalue weighted by Crippen LogP contribution is 2.20. The molecule has 19 heavy (non-hydrogen) atoms. The van der Waals surface area contributed by atoms with E-state index in [0.29, 0.717) is 0 Å². The van der Waals surface area contributed by atoms with Crippen LogP contribution in [0.25, 0.3) is 0 Å². The molecule has 1 fully saturated rings. The Morgan fingerprint density at radius 3 is 2.74 bits per heavy atom. The Hall–Kier alpha value is -1.54. The minimum absolute atomic E-state index is 0.159. The molecule has 0 saturated carbocycles. The zero-order valence-electron chi connectivity index (χ0n) is 11.9. The molecule has 5 heteroatoms. The maximum atomic E-state index is 12.0. The molecular formula is C14H22N2O3. The molecule has 0 aromatic rings. The van der Waals surface area contributed by atoms with Crippen LogP contribution in [0.3, 0.4) is 0 Å². The molecule has 5 nitrogen and oxygen atoms in total. The van der Waals surface area contributed by atoms with Crippen LogP contribution in [0.4, 0.5) is 0 Å². The first-order valence-corrected chi connectivity index (χ1v) is 6.50. The molecule has 1 rings (SSSR count). The van der Waals surface area contributed by atoms with Gasteiger partial charge in [-0.1, -0.05) is 5.92 Å². The number of nitrogens with one attached hydrogen (secondary N) is 1. The number of esters is 1. The third-order valence-electron chi connectivity index (χ3n) is 2.78. The molecule has 1 aliphatic heterocycles. The Morgan fingerprint density at radius 2 is 2.16 bits per heavy atom. The van der Waals surface area contributed by atoms with Gasteiger partial charge in [-0.15, -0.1) is 6.42 Å². The van der Waals surface area contributed by atoms with Gasteiger partial charge in [0.05, 0.1) is 13.1 Å². The standard InChI is InChI=1S/C14H22N2O3/c1-5-8-15-12(17)10-16-9-6-7-11(16)13(18)19-14(2,3)4/h1,11H,6-10H2,2-4H3,(H,15,17)/t11-/m0/s1. The fourth-order valence-corrected chi connectivity index (χ4v) is 2.04. The fourth-order valence-electron chi connectivity index (χ4n) is 2.04. The maximum absolute atomic E-state index is 12.0. The molecule has 1 amide bonds. The van der Waals surface area contributed by atoms with Gasteiger partial charge in [0.25, 0.3) is 0 Å². The molecule has 1 saturated heterocycles. The van der Waals surface area contributed by atoms with E-state index in [9.17, 15) is 9.59 Å². The van der Waals surface area contributed by atoms with Crippen molar-refractivity contribution >= 4 is 11.9 Å². The molecular weight excluding hydrogens is 244 g/mol. The van der Waals surface area contributed by atoms with E-state index in [1.165, 1.54) is 0 Å². The molecule has 0 aliphatic carbocycles. The first-order chi connectivity index (χ1) is 8.83. The summed E-state index contributed by atoms with van der Waals surface area (Å²) >= 11 is 0. The number of carbonyl (C=O) groups excluding carboxylic acids is 2. The first-order valence-electron chi connectivity index (χ1n) is 6.50. The van der Waals surface area contributed by atoms with Gasteiger partial charge in [0.15, 0.2) is 0 Å². The van der Waals surface area contributed by atoms with E-state index in [0.717, 1.165) is 19.4 Å². The number of terminal acetylenes is 1.